The van der Waals surface area contributed by atoms with Crippen LogP contribution in [0.2, 0.25) is 5.82 Å². The van der Waals surface area contributed by atoms with E-state index in [0.29, 0.717) is 6.73 Å². The number of nitrogens with zero attached hydrogens (tertiary/aromatic N) is 2. The first-order valence-electron chi connectivity index (χ1n) is 6.15. The molecule has 1 heterocycles. The van der Waals surface area contributed by atoms with Crippen molar-refractivity contribution in [1.29, 1.82) is 0 Å². The highest BCUT2D eigenvalue weighted by molar-refractivity contribution is 6.61. The number of benzene rings is 1. The Kier molecular flexibility index (Phi) is 2.81. The highest BCUT2D eigenvalue weighted by Crippen LogP contribution is 2.60. The third-order valence-electron chi connectivity index (χ3n) is 3.70. The molecule has 1 saturated carbocycles. The van der Waals surface area contributed by atoms with Crippen molar-refractivity contribution < 1.29 is 17.7 Å². The summed E-state index contributed by atoms with van der Waals surface area (Å²) in [5.41, 5.74) is 1.57. The fraction of sp³-hybridized carbons (Fsp3) is 0.417. The van der Waals surface area contributed by atoms with Crippen LogP contribution in [0.5, 0.6) is 0 Å². The number of hydrogen-bond acceptors (Lipinski definition) is 2. The lowest BCUT2D eigenvalue weighted by Crippen LogP contribution is -2.15. The van der Waals surface area contributed by atoms with E-state index in [-0.39, 0.29) is 6.42 Å². The van der Waals surface area contributed by atoms with Gasteiger partial charge in [0.2, 0.25) is 0 Å². The molecule has 2 aromatic rings. The molecule has 1 aliphatic rings. The van der Waals surface area contributed by atoms with E-state index in [0.717, 1.165) is 16.5 Å². The molecule has 0 aliphatic heterocycles. The predicted molar refractivity (Wildman–Crippen MR) is 66.9 cm³/mol. The van der Waals surface area contributed by atoms with Gasteiger partial charge in [0.15, 0.2) is 0 Å². The van der Waals surface area contributed by atoms with Crippen LogP contribution in [0.1, 0.15) is 17.9 Å². The van der Waals surface area contributed by atoms with Gasteiger partial charge in [0.1, 0.15) is 6.73 Å². The molecule has 1 aliphatic carbocycles. The van der Waals surface area contributed by atoms with E-state index >= 15 is 0 Å². The number of ether oxygens (including phenoxy) is 1. The van der Waals surface area contributed by atoms with Crippen LogP contribution >= 0.6 is 0 Å². The molecule has 0 N–H and O–H groups in total. The van der Waals surface area contributed by atoms with Crippen LogP contribution in [-0.4, -0.2) is 23.9 Å². The van der Waals surface area contributed by atoms with Crippen molar-refractivity contribution in [1.82, 2.24) is 9.78 Å². The van der Waals surface area contributed by atoms with E-state index in [9.17, 15) is 12.9 Å². The smallest absolute Gasteiger partial charge is 0.449 e. The van der Waals surface area contributed by atoms with Crippen LogP contribution in [-0.2, 0) is 11.5 Å². The lowest BCUT2D eigenvalue weighted by atomic mass is 9.80. The molecule has 0 spiro atoms. The maximum atomic E-state index is 12.7. The van der Waals surface area contributed by atoms with Crippen molar-refractivity contribution in [2.45, 2.75) is 24.9 Å². The van der Waals surface area contributed by atoms with Crippen molar-refractivity contribution >= 4 is 17.9 Å². The molecule has 0 radical (unpaired) electrons. The molecule has 0 saturated heterocycles. The van der Waals surface area contributed by atoms with Gasteiger partial charge in [0.05, 0.1) is 11.7 Å². The molecule has 7 heteroatoms. The Morgan fingerprint density at radius 2 is 2.21 bits per heavy atom. The zero-order valence-corrected chi connectivity index (χ0v) is 10.4. The van der Waals surface area contributed by atoms with Gasteiger partial charge in [-0.2, -0.15) is 5.10 Å². The van der Waals surface area contributed by atoms with Crippen molar-refractivity contribution in [3.8, 4) is 0 Å². The third kappa shape index (κ3) is 2.12. The Labute approximate surface area is 108 Å². The standard InChI is InChI=1S/C12H13BF3N2O/c1-19-7-18-12-4-2-3-8(10(12)6-17-18)9-5-11(9)13(14,15)16/h2-4,6,9,11H,5,7H2,1H3/q-1/t9-,11+/m0/s1. The number of rotatable bonds is 4. The molecule has 0 unspecified atom stereocenters. The fourth-order valence-corrected chi connectivity index (χ4v) is 2.66. The summed E-state index contributed by atoms with van der Waals surface area (Å²) in [5, 5.41) is 4.96. The van der Waals surface area contributed by atoms with Gasteiger partial charge in [-0.1, -0.05) is 24.4 Å². The van der Waals surface area contributed by atoms with Crippen LogP contribution in [0, 0.1) is 0 Å². The van der Waals surface area contributed by atoms with E-state index < -0.39 is 18.7 Å². The van der Waals surface area contributed by atoms with Gasteiger partial charge >= 0.3 is 6.98 Å². The maximum Gasteiger partial charge on any atom is 0.481 e. The zero-order valence-electron chi connectivity index (χ0n) is 10.4. The molecular formula is C12H13BF3N2O-. The molecular weight excluding hydrogens is 256 g/mol. The van der Waals surface area contributed by atoms with Crippen molar-refractivity contribution in [2.24, 2.45) is 0 Å². The van der Waals surface area contributed by atoms with Crippen LogP contribution in [0.3, 0.4) is 0 Å². The average Bonchev–Trinajstić information content (AvgIpc) is 3.06. The van der Waals surface area contributed by atoms with E-state index in [4.69, 9.17) is 4.74 Å². The number of methoxy groups -OCH3 is 1. The second kappa shape index (κ2) is 4.26. The largest absolute Gasteiger partial charge is 0.481 e. The summed E-state index contributed by atoms with van der Waals surface area (Å²) in [6.07, 6.45) is 1.83. The highest BCUT2D eigenvalue weighted by Gasteiger charge is 2.51. The third-order valence-corrected chi connectivity index (χ3v) is 3.70. The number of halogens is 3. The quantitative estimate of drug-likeness (QED) is 0.796. The summed E-state index contributed by atoms with van der Waals surface area (Å²) >= 11 is 0. The number of aromatic nitrogens is 2. The molecule has 2 atom stereocenters. The monoisotopic (exact) mass is 269 g/mol. The molecule has 3 rings (SSSR count). The molecule has 1 aromatic heterocycles. The maximum absolute atomic E-state index is 12.7. The summed E-state index contributed by atoms with van der Waals surface area (Å²) in [6.45, 7) is -4.44. The molecule has 1 fully saturated rings. The van der Waals surface area contributed by atoms with Gasteiger partial charge in [-0.05, 0) is 17.5 Å². The fourth-order valence-electron chi connectivity index (χ4n) is 2.66. The molecule has 0 bridgehead atoms. The molecule has 19 heavy (non-hydrogen) atoms. The van der Waals surface area contributed by atoms with E-state index in [1.54, 1.807) is 30.1 Å². The van der Waals surface area contributed by atoms with Gasteiger partial charge in [0.25, 0.3) is 0 Å². The SMILES string of the molecule is COCn1ncc2c([C@@H]3C[C@H]3[B-](F)(F)F)cccc21. The van der Waals surface area contributed by atoms with Gasteiger partial charge in [-0.15, -0.1) is 0 Å². The second-order valence-corrected chi connectivity index (χ2v) is 4.97. The molecule has 0 amide bonds. The average molecular weight is 269 g/mol. The summed E-state index contributed by atoms with van der Waals surface area (Å²) in [7, 11) is 1.56. The Morgan fingerprint density at radius 1 is 1.42 bits per heavy atom. The normalized spacial score (nSPS) is 22.9. The minimum Gasteiger partial charge on any atom is -0.449 e. The van der Waals surface area contributed by atoms with E-state index in [2.05, 4.69) is 5.10 Å². The molecule has 3 nitrogen and oxygen atoms in total. The predicted octanol–water partition coefficient (Wildman–Crippen LogP) is 3.35. The van der Waals surface area contributed by atoms with E-state index in [1.807, 2.05) is 6.07 Å². The lowest BCUT2D eigenvalue weighted by Gasteiger charge is -2.13. The number of fused-ring (bicyclic) bond motifs is 1. The van der Waals surface area contributed by atoms with Crippen molar-refractivity contribution in [3.63, 3.8) is 0 Å². The first kappa shape index (κ1) is 12.5. The van der Waals surface area contributed by atoms with Crippen LogP contribution in [0.15, 0.2) is 24.4 Å². The molecule has 1 aromatic carbocycles. The van der Waals surface area contributed by atoms with Crippen molar-refractivity contribution in [2.75, 3.05) is 7.11 Å². The highest BCUT2D eigenvalue weighted by atomic mass is 19.4. The summed E-state index contributed by atoms with van der Waals surface area (Å²) < 4.78 is 44.8. The summed E-state index contributed by atoms with van der Waals surface area (Å²) in [5.74, 6) is -1.54. The Balaban J connectivity index is 1.98. The van der Waals surface area contributed by atoms with Crippen LogP contribution < -0.4 is 0 Å². The Hall–Kier alpha value is -1.50. The van der Waals surface area contributed by atoms with E-state index in [1.165, 1.54) is 0 Å². The zero-order chi connectivity index (χ0) is 13.6. The first-order valence-corrected chi connectivity index (χ1v) is 6.15. The summed E-state index contributed by atoms with van der Waals surface area (Å²) in [6, 6.07) is 5.40. The van der Waals surface area contributed by atoms with Gasteiger partial charge in [-0.25, -0.2) is 4.68 Å². The molecule has 102 valence electrons. The Bertz CT molecular complexity index is 611. The lowest BCUT2D eigenvalue weighted by molar-refractivity contribution is 0.124. The summed E-state index contributed by atoms with van der Waals surface area (Å²) in [4.78, 5) is 0. The van der Waals surface area contributed by atoms with Gasteiger partial charge in [0, 0.05) is 12.5 Å². The van der Waals surface area contributed by atoms with Crippen molar-refractivity contribution in [3.05, 3.63) is 30.0 Å². The Morgan fingerprint density at radius 3 is 2.84 bits per heavy atom. The van der Waals surface area contributed by atoms with Crippen LogP contribution in [0.4, 0.5) is 12.9 Å². The van der Waals surface area contributed by atoms with Gasteiger partial charge < -0.3 is 17.7 Å². The van der Waals surface area contributed by atoms with Crippen LogP contribution in [0.25, 0.3) is 10.9 Å². The van der Waals surface area contributed by atoms with Gasteiger partial charge in [-0.3, -0.25) is 0 Å². The minimum atomic E-state index is -4.74. The second-order valence-electron chi connectivity index (χ2n) is 4.97. The first-order chi connectivity index (χ1) is 9.02. The number of hydrogen-bond donors (Lipinski definition) is 0. The minimum absolute atomic E-state index is 0.206. The topological polar surface area (TPSA) is 27.1 Å².